The SMILES string of the molecule is Cc1cccc(C2CC(NCc3ccncc3C)C2)c1. The van der Waals surface area contributed by atoms with Gasteiger partial charge in [0.1, 0.15) is 0 Å². The maximum absolute atomic E-state index is 4.14. The molecule has 0 atom stereocenters. The maximum atomic E-state index is 4.14. The first-order valence-electron chi connectivity index (χ1n) is 7.42. The van der Waals surface area contributed by atoms with Crippen LogP contribution in [0.5, 0.6) is 0 Å². The number of hydrogen-bond donors (Lipinski definition) is 1. The van der Waals surface area contributed by atoms with Crippen LogP contribution in [-0.4, -0.2) is 11.0 Å². The van der Waals surface area contributed by atoms with Crippen LogP contribution in [0, 0.1) is 13.8 Å². The molecule has 0 aliphatic heterocycles. The highest BCUT2D eigenvalue weighted by molar-refractivity contribution is 5.28. The van der Waals surface area contributed by atoms with Gasteiger partial charge in [-0.05, 0) is 55.4 Å². The van der Waals surface area contributed by atoms with Crippen molar-refractivity contribution in [1.29, 1.82) is 0 Å². The lowest BCUT2D eigenvalue weighted by molar-refractivity contribution is 0.289. The minimum absolute atomic E-state index is 0.660. The number of aryl methyl sites for hydroxylation is 2. The van der Waals surface area contributed by atoms with Crippen LogP contribution in [0.2, 0.25) is 0 Å². The minimum Gasteiger partial charge on any atom is -0.310 e. The molecule has 20 heavy (non-hydrogen) atoms. The molecule has 1 fully saturated rings. The van der Waals surface area contributed by atoms with Crippen molar-refractivity contribution in [3.63, 3.8) is 0 Å². The third-order valence-corrected chi connectivity index (χ3v) is 4.37. The third kappa shape index (κ3) is 2.91. The number of aromatic nitrogens is 1. The number of pyridine rings is 1. The Morgan fingerprint density at radius 3 is 2.80 bits per heavy atom. The van der Waals surface area contributed by atoms with Gasteiger partial charge in [-0.25, -0.2) is 0 Å². The zero-order valence-corrected chi connectivity index (χ0v) is 12.3. The van der Waals surface area contributed by atoms with E-state index in [1.807, 2.05) is 12.4 Å². The second-order valence-corrected chi connectivity index (χ2v) is 5.96. The first-order chi connectivity index (χ1) is 9.72. The van der Waals surface area contributed by atoms with E-state index >= 15 is 0 Å². The molecule has 1 N–H and O–H groups in total. The third-order valence-electron chi connectivity index (χ3n) is 4.37. The molecule has 1 aliphatic carbocycles. The summed E-state index contributed by atoms with van der Waals surface area (Å²) in [7, 11) is 0. The summed E-state index contributed by atoms with van der Waals surface area (Å²) in [5.74, 6) is 0.742. The smallest absolute Gasteiger partial charge is 0.0300 e. The molecule has 104 valence electrons. The topological polar surface area (TPSA) is 24.9 Å². The highest BCUT2D eigenvalue weighted by atomic mass is 14.9. The van der Waals surface area contributed by atoms with Crippen molar-refractivity contribution in [3.05, 3.63) is 65.0 Å². The lowest BCUT2D eigenvalue weighted by Crippen LogP contribution is -2.39. The fourth-order valence-corrected chi connectivity index (χ4v) is 2.94. The Morgan fingerprint density at radius 1 is 1.20 bits per heavy atom. The summed E-state index contributed by atoms with van der Waals surface area (Å²) < 4.78 is 0. The second kappa shape index (κ2) is 5.76. The lowest BCUT2D eigenvalue weighted by atomic mass is 9.75. The fraction of sp³-hybridized carbons (Fsp3) is 0.389. The molecule has 0 amide bonds. The molecule has 1 aromatic heterocycles. The fourth-order valence-electron chi connectivity index (χ4n) is 2.94. The van der Waals surface area contributed by atoms with E-state index in [1.165, 1.54) is 35.1 Å². The van der Waals surface area contributed by atoms with Crippen molar-refractivity contribution >= 4 is 0 Å². The molecule has 3 rings (SSSR count). The van der Waals surface area contributed by atoms with Gasteiger partial charge in [0.05, 0.1) is 0 Å². The molecule has 1 aromatic carbocycles. The van der Waals surface area contributed by atoms with Gasteiger partial charge in [-0.15, -0.1) is 0 Å². The molecule has 0 bridgehead atoms. The highest BCUT2D eigenvalue weighted by Gasteiger charge is 2.29. The molecule has 2 heteroatoms. The van der Waals surface area contributed by atoms with Crippen LogP contribution >= 0.6 is 0 Å². The van der Waals surface area contributed by atoms with E-state index in [0.29, 0.717) is 6.04 Å². The average molecular weight is 266 g/mol. The number of rotatable bonds is 4. The molecular formula is C18H22N2. The molecule has 0 unspecified atom stereocenters. The summed E-state index contributed by atoms with van der Waals surface area (Å²) in [4.78, 5) is 4.14. The summed E-state index contributed by atoms with van der Waals surface area (Å²) in [6, 6.07) is 11.7. The van der Waals surface area contributed by atoms with Gasteiger partial charge in [-0.2, -0.15) is 0 Å². The first-order valence-corrected chi connectivity index (χ1v) is 7.42. The van der Waals surface area contributed by atoms with Gasteiger partial charge < -0.3 is 5.32 Å². The summed E-state index contributed by atoms with van der Waals surface area (Å²) in [5.41, 5.74) is 5.50. The molecule has 0 radical (unpaired) electrons. The summed E-state index contributed by atoms with van der Waals surface area (Å²) in [5, 5.41) is 3.66. The molecule has 2 aromatic rings. The lowest BCUT2D eigenvalue weighted by Gasteiger charge is -2.36. The molecule has 1 aliphatic rings. The minimum atomic E-state index is 0.660. The average Bonchev–Trinajstić information content (AvgIpc) is 2.39. The number of nitrogens with zero attached hydrogens (tertiary/aromatic N) is 1. The van der Waals surface area contributed by atoms with Crippen LogP contribution < -0.4 is 5.32 Å². The van der Waals surface area contributed by atoms with Crippen molar-refractivity contribution in [2.75, 3.05) is 0 Å². The summed E-state index contributed by atoms with van der Waals surface area (Å²) >= 11 is 0. The van der Waals surface area contributed by atoms with Gasteiger partial charge in [0.2, 0.25) is 0 Å². The zero-order valence-electron chi connectivity index (χ0n) is 12.3. The Labute approximate surface area is 121 Å². The highest BCUT2D eigenvalue weighted by Crippen LogP contribution is 2.37. The molecular weight excluding hydrogens is 244 g/mol. The van der Waals surface area contributed by atoms with Crippen molar-refractivity contribution in [2.24, 2.45) is 0 Å². The van der Waals surface area contributed by atoms with Crippen LogP contribution in [0.4, 0.5) is 0 Å². The first kappa shape index (κ1) is 13.3. The molecule has 1 saturated carbocycles. The van der Waals surface area contributed by atoms with E-state index in [9.17, 15) is 0 Å². The number of hydrogen-bond acceptors (Lipinski definition) is 2. The van der Waals surface area contributed by atoms with Crippen LogP contribution in [-0.2, 0) is 6.54 Å². The van der Waals surface area contributed by atoms with Crippen LogP contribution in [0.25, 0.3) is 0 Å². The largest absolute Gasteiger partial charge is 0.310 e. The number of benzene rings is 1. The van der Waals surface area contributed by atoms with Gasteiger partial charge in [-0.1, -0.05) is 29.8 Å². The van der Waals surface area contributed by atoms with Crippen molar-refractivity contribution in [2.45, 2.75) is 45.2 Å². The van der Waals surface area contributed by atoms with Gasteiger partial charge in [0, 0.05) is 25.0 Å². The quantitative estimate of drug-likeness (QED) is 0.912. The summed E-state index contributed by atoms with van der Waals surface area (Å²) in [6.07, 6.45) is 6.33. The Kier molecular flexibility index (Phi) is 3.83. The van der Waals surface area contributed by atoms with Crippen LogP contribution in [0.3, 0.4) is 0 Å². The summed E-state index contributed by atoms with van der Waals surface area (Å²) in [6.45, 7) is 5.25. The molecule has 2 nitrogen and oxygen atoms in total. The Morgan fingerprint density at radius 2 is 2.05 bits per heavy atom. The molecule has 0 saturated heterocycles. The Balaban J connectivity index is 1.50. The van der Waals surface area contributed by atoms with Crippen LogP contribution in [0.15, 0.2) is 42.7 Å². The van der Waals surface area contributed by atoms with E-state index in [2.05, 4.69) is 54.5 Å². The van der Waals surface area contributed by atoms with Crippen molar-refractivity contribution < 1.29 is 0 Å². The standard InChI is InChI=1S/C18H22N2/c1-13-4-3-5-15(8-13)17-9-18(10-17)20-12-16-6-7-19-11-14(16)2/h3-8,11,17-18,20H,9-10,12H2,1-2H3. The predicted molar refractivity (Wildman–Crippen MR) is 82.8 cm³/mol. The van der Waals surface area contributed by atoms with E-state index in [4.69, 9.17) is 0 Å². The zero-order chi connectivity index (χ0) is 13.9. The normalized spacial score (nSPS) is 21.5. The molecule has 0 spiro atoms. The molecule has 1 heterocycles. The van der Waals surface area contributed by atoms with E-state index in [-0.39, 0.29) is 0 Å². The predicted octanol–water partition coefficient (Wildman–Crippen LogP) is 3.73. The van der Waals surface area contributed by atoms with Gasteiger partial charge >= 0.3 is 0 Å². The van der Waals surface area contributed by atoms with Crippen LogP contribution in [0.1, 0.15) is 41.0 Å². The Bertz CT molecular complexity index is 585. The van der Waals surface area contributed by atoms with Gasteiger partial charge in [-0.3, -0.25) is 4.98 Å². The number of nitrogens with one attached hydrogen (secondary N) is 1. The van der Waals surface area contributed by atoms with E-state index in [0.717, 1.165) is 12.5 Å². The Hall–Kier alpha value is -1.67. The van der Waals surface area contributed by atoms with Crippen molar-refractivity contribution in [1.82, 2.24) is 10.3 Å². The maximum Gasteiger partial charge on any atom is 0.0300 e. The van der Waals surface area contributed by atoms with E-state index < -0.39 is 0 Å². The van der Waals surface area contributed by atoms with Crippen molar-refractivity contribution in [3.8, 4) is 0 Å². The monoisotopic (exact) mass is 266 g/mol. The second-order valence-electron chi connectivity index (χ2n) is 5.96. The van der Waals surface area contributed by atoms with E-state index in [1.54, 1.807) is 0 Å². The van der Waals surface area contributed by atoms with Gasteiger partial charge in [0.25, 0.3) is 0 Å². The van der Waals surface area contributed by atoms with Gasteiger partial charge in [0.15, 0.2) is 0 Å².